The zero-order chi connectivity index (χ0) is 11.7. The molecule has 1 saturated carbocycles. The van der Waals surface area contributed by atoms with Crippen LogP contribution in [-0.2, 0) is 0 Å². The molecule has 0 saturated heterocycles. The number of fused-ring (bicyclic) bond motifs is 1. The summed E-state index contributed by atoms with van der Waals surface area (Å²) < 4.78 is 0. The Bertz CT molecular complexity index is 468. The van der Waals surface area contributed by atoms with Crippen molar-refractivity contribution in [3.8, 4) is 0 Å². The Kier molecular flexibility index (Phi) is 2.79. The van der Waals surface area contributed by atoms with Gasteiger partial charge in [0, 0.05) is 5.71 Å². The molecular weight excluding hydrogens is 208 g/mol. The second kappa shape index (κ2) is 4.44. The van der Waals surface area contributed by atoms with Gasteiger partial charge >= 0.3 is 0 Å². The minimum absolute atomic E-state index is 0.710. The van der Waals surface area contributed by atoms with Gasteiger partial charge in [-0.05, 0) is 50.5 Å². The molecular formula is C15H18N2. The van der Waals surface area contributed by atoms with Gasteiger partial charge in [-0.25, -0.2) is 0 Å². The number of nitrogens with zero attached hydrogens (tertiary/aromatic N) is 2. The molecule has 0 unspecified atom stereocenters. The third kappa shape index (κ3) is 2.17. The van der Waals surface area contributed by atoms with Crippen LogP contribution < -0.4 is 0 Å². The fraction of sp³-hybridized carbons (Fsp3) is 0.467. The molecule has 0 N–H and O–H groups in total. The standard InChI is InChI=1S/C15H18N2/c1-11-5-7-13(8-6-11)15-10-9-12-3-2-4-14(12)16-17-15/h5-8,12H,2-4,9-10H2,1H3/t12-/m0/s1. The summed E-state index contributed by atoms with van der Waals surface area (Å²) in [6.07, 6.45) is 6.08. The molecule has 1 aromatic carbocycles. The zero-order valence-electron chi connectivity index (χ0n) is 10.3. The molecule has 1 aromatic rings. The summed E-state index contributed by atoms with van der Waals surface area (Å²) in [5, 5.41) is 8.94. The number of benzene rings is 1. The van der Waals surface area contributed by atoms with Crippen LogP contribution in [0.2, 0.25) is 0 Å². The van der Waals surface area contributed by atoms with E-state index in [4.69, 9.17) is 0 Å². The summed E-state index contributed by atoms with van der Waals surface area (Å²) >= 11 is 0. The largest absolute Gasteiger partial charge is 0.160 e. The Balaban J connectivity index is 1.87. The van der Waals surface area contributed by atoms with Crippen molar-refractivity contribution in [1.29, 1.82) is 0 Å². The molecule has 0 aromatic heterocycles. The molecule has 0 spiro atoms. The molecule has 2 aliphatic rings. The summed E-state index contributed by atoms with van der Waals surface area (Å²) in [4.78, 5) is 0. The van der Waals surface area contributed by atoms with Crippen LogP contribution in [0.5, 0.6) is 0 Å². The summed E-state index contributed by atoms with van der Waals surface area (Å²) in [7, 11) is 0. The Morgan fingerprint density at radius 3 is 2.65 bits per heavy atom. The SMILES string of the molecule is Cc1ccc(C2=NN=C3CCC[C@H]3CC2)cc1. The van der Waals surface area contributed by atoms with Gasteiger partial charge in [-0.1, -0.05) is 29.8 Å². The molecule has 1 aliphatic carbocycles. The average Bonchev–Trinajstić information content (AvgIpc) is 2.70. The van der Waals surface area contributed by atoms with E-state index in [1.165, 1.54) is 36.1 Å². The van der Waals surface area contributed by atoms with Crippen LogP contribution in [0.3, 0.4) is 0 Å². The normalized spacial score (nSPS) is 23.7. The quantitative estimate of drug-likeness (QED) is 0.697. The lowest BCUT2D eigenvalue weighted by molar-refractivity contribution is 0.627. The minimum atomic E-state index is 0.710. The molecule has 2 heteroatoms. The third-order valence-corrected chi connectivity index (χ3v) is 3.87. The van der Waals surface area contributed by atoms with Crippen LogP contribution in [0.15, 0.2) is 34.5 Å². The summed E-state index contributed by atoms with van der Waals surface area (Å²) in [5.74, 6) is 0.710. The maximum absolute atomic E-state index is 4.47. The topological polar surface area (TPSA) is 24.7 Å². The maximum atomic E-state index is 4.47. The fourth-order valence-corrected chi connectivity index (χ4v) is 2.78. The van der Waals surface area contributed by atoms with Gasteiger partial charge in [0.2, 0.25) is 0 Å². The van der Waals surface area contributed by atoms with E-state index in [9.17, 15) is 0 Å². The summed E-state index contributed by atoms with van der Waals surface area (Å²) in [5.41, 5.74) is 5.03. The molecule has 1 aliphatic heterocycles. The molecule has 1 fully saturated rings. The van der Waals surface area contributed by atoms with Crippen LogP contribution in [0, 0.1) is 12.8 Å². The number of aryl methyl sites for hydroxylation is 1. The molecule has 17 heavy (non-hydrogen) atoms. The molecule has 0 bridgehead atoms. The van der Waals surface area contributed by atoms with E-state index in [-0.39, 0.29) is 0 Å². The Labute approximate surface area is 102 Å². The highest BCUT2D eigenvalue weighted by Gasteiger charge is 2.25. The van der Waals surface area contributed by atoms with Crippen molar-refractivity contribution in [3.63, 3.8) is 0 Å². The molecule has 3 rings (SSSR count). The fourth-order valence-electron chi connectivity index (χ4n) is 2.78. The van der Waals surface area contributed by atoms with Gasteiger partial charge < -0.3 is 0 Å². The second-order valence-electron chi connectivity index (χ2n) is 5.13. The lowest BCUT2D eigenvalue weighted by Gasteiger charge is -2.07. The van der Waals surface area contributed by atoms with E-state index in [0.717, 1.165) is 18.6 Å². The van der Waals surface area contributed by atoms with E-state index in [1.807, 2.05) is 0 Å². The Morgan fingerprint density at radius 2 is 1.82 bits per heavy atom. The van der Waals surface area contributed by atoms with Gasteiger partial charge in [0.25, 0.3) is 0 Å². The van der Waals surface area contributed by atoms with Gasteiger partial charge in [-0.3, -0.25) is 0 Å². The Hall–Kier alpha value is -1.44. The lowest BCUT2D eigenvalue weighted by atomic mass is 9.96. The third-order valence-electron chi connectivity index (χ3n) is 3.87. The predicted octanol–water partition coefficient (Wildman–Crippen LogP) is 3.73. The van der Waals surface area contributed by atoms with E-state index in [1.54, 1.807) is 0 Å². The van der Waals surface area contributed by atoms with Gasteiger partial charge in [0.05, 0.1) is 5.71 Å². The summed E-state index contributed by atoms with van der Waals surface area (Å²) in [6.45, 7) is 2.11. The van der Waals surface area contributed by atoms with Crippen molar-refractivity contribution >= 4 is 11.4 Å². The minimum Gasteiger partial charge on any atom is -0.160 e. The van der Waals surface area contributed by atoms with Gasteiger partial charge in [-0.2, -0.15) is 10.2 Å². The Morgan fingerprint density at radius 1 is 1.00 bits per heavy atom. The first-order valence-electron chi connectivity index (χ1n) is 6.53. The van der Waals surface area contributed by atoms with Crippen LogP contribution in [0.25, 0.3) is 0 Å². The van der Waals surface area contributed by atoms with Crippen LogP contribution >= 0.6 is 0 Å². The zero-order valence-corrected chi connectivity index (χ0v) is 10.3. The van der Waals surface area contributed by atoms with E-state index < -0.39 is 0 Å². The van der Waals surface area contributed by atoms with Crippen LogP contribution in [-0.4, -0.2) is 11.4 Å². The molecule has 2 nitrogen and oxygen atoms in total. The molecule has 1 atom stereocenters. The smallest absolute Gasteiger partial charge is 0.0702 e. The van der Waals surface area contributed by atoms with Crippen molar-refractivity contribution in [2.45, 2.75) is 39.0 Å². The second-order valence-corrected chi connectivity index (χ2v) is 5.13. The van der Waals surface area contributed by atoms with E-state index >= 15 is 0 Å². The van der Waals surface area contributed by atoms with Crippen molar-refractivity contribution in [1.82, 2.24) is 0 Å². The highest BCUT2D eigenvalue weighted by atomic mass is 15.2. The first kappa shape index (κ1) is 10.7. The first-order chi connectivity index (χ1) is 8.33. The predicted molar refractivity (Wildman–Crippen MR) is 71.7 cm³/mol. The van der Waals surface area contributed by atoms with Gasteiger partial charge in [0.1, 0.15) is 0 Å². The molecule has 0 radical (unpaired) electrons. The molecule has 88 valence electrons. The number of hydrogen-bond donors (Lipinski definition) is 0. The van der Waals surface area contributed by atoms with Crippen LogP contribution in [0.1, 0.15) is 43.2 Å². The maximum Gasteiger partial charge on any atom is 0.0702 e. The van der Waals surface area contributed by atoms with Gasteiger partial charge in [0.15, 0.2) is 0 Å². The van der Waals surface area contributed by atoms with Crippen molar-refractivity contribution in [2.24, 2.45) is 16.1 Å². The molecule has 1 heterocycles. The highest BCUT2D eigenvalue weighted by Crippen LogP contribution is 2.29. The van der Waals surface area contributed by atoms with Crippen molar-refractivity contribution in [2.75, 3.05) is 0 Å². The van der Waals surface area contributed by atoms with Gasteiger partial charge in [-0.15, -0.1) is 0 Å². The highest BCUT2D eigenvalue weighted by molar-refractivity contribution is 6.02. The van der Waals surface area contributed by atoms with Crippen molar-refractivity contribution in [3.05, 3.63) is 35.4 Å². The summed E-state index contributed by atoms with van der Waals surface area (Å²) in [6, 6.07) is 8.62. The average molecular weight is 226 g/mol. The van der Waals surface area contributed by atoms with Crippen molar-refractivity contribution < 1.29 is 0 Å². The number of rotatable bonds is 1. The molecule has 0 amide bonds. The number of hydrogen-bond acceptors (Lipinski definition) is 2. The van der Waals surface area contributed by atoms with E-state index in [0.29, 0.717) is 5.92 Å². The van der Waals surface area contributed by atoms with E-state index in [2.05, 4.69) is 41.4 Å². The first-order valence-corrected chi connectivity index (χ1v) is 6.53. The lowest BCUT2D eigenvalue weighted by Crippen LogP contribution is -2.06. The monoisotopic (exact) mass is 226 g/mol. The van der Waals surface area contributed by atoms with Crippen LogP contribution in [0.4, 0.5) is 0 Å².